The molecule has 0 radical (unpaired) electrons. The molecule has 0 amide bonds. The van der Waals surface area contributed by atoms with Crippen LogP contribution in [0.4, 0.5) is 0 Å². The average Bonchev–Trinajstić information content (AvgIpc) is 2.05. The van der Waals surface area contributed by atoms with Gasteiger partial charge in [-0.1, -0.05) is 6.07 Å². The maximum atomic E-state index is 10.6. The lowest BCUT2D eigenvalue weighted by Gasteiger charge is -1.96. The highest BCUT2D eigenvalue weighted by atomic mass is 35.5. The number of hydrogen-bond donors (Lipinski definition) is 0. The van der Waals surface area contributed by atoms with Gasteiger partial charge in [-0.2, -0.15) is 0 Å². The molecule has 4 heteroatoms. The molecule has 0 unspecified atom stereocenters. The van der Waals surface area contributed by atoms with E-state index in [9.17, 15) is 4.79 Å². The topological polar surface area (TPSA) is 50.1 Å². The van der Waals surface area contributed by atoms with Crippen LogP contribution in [-0.2, 0) is 0 Å². The lowest BCUT2D eigenvalue weighted by molar-refractivity contribution is 0.108. The number of carbonyl (C=O) groups is 1. The standard InChI is InChI=1S/C8H4ClNO2/c9-8(11)6-2-1-3-7(4-6)12-5-10/h1-4H. The van der Waals surface area contributed by atoms with Gasteiger partial charge in [0.1, 0.15) is 5.75 Å². The summed E-state index contributed by atoms with van der Waals surface area (Å²) in [5, 5.41) is 7.59. The number of ether oxygens (including phenoxy) is 1. The van der Waals surface area contributed by atoms with Gasteiger partial charge >= 0.3 is 0 Å². The molecular formula is C8H4ClNO2. The van der Waals surface area contributed by atoms with Crippen molar-refractivity contribution in [2.75, 3.05) is 0 Å². The summed E-state index contributed by atoms with van der Waals surface area (Å²) in [6.07, 6.45) is 1.50. The SMILES string of the molecule is N#COc1cccc(C(=O)Cl)c1. The fourth-order valence-corrected chi connectivity index (χ4v) is 0.852. The van der Waals surface area contributed by atoms with Crippen molar-refractivity contribution in [2.24, 2.45) is 0 Å². The first-order valence-electron chi connectivity index (χ1n) is 3.10. The van der Waals surface area contributed by atoms with Crippen molar-refractivity contribution in [3.63, 3.8) is 0 Å². The molecule has 0 atom stereocenters. The molecule has 3 nitrogen and oxygen atoms in total. The van der Waals surface area contributed by atoms with E-state index in [1.165, 1.54) is 12.3 Å². The van der Waals surface area contributed by atoms with Crippen LogP contribution in [0.5, 0.6) is 5.75 Å². The summed E-state index contributed by atoms with van der Waals surface area (Å²) < 4.78 is 4.49. The zero-order valence-electron chi connectivity index (χ0n) is 5.95. The minimum Gasteiger partial charge on any atom is -0.388 e. The highest BCUT2D eigenvalue weighted by molar-refractivity contribution is 6.67. The molecule has 0 spiro atoms. The smallest absolute Gasteiger partial charge is 0.292 e. The molecule has 0 saturated carbocycles. The summed E-state index contributed by atoms with van der Waals surface area (Å²) in [5.74, 6) is 0.309. The van der Waals surface area contributed by atoms with Crippen LogP contribution in [0.15, 0.2) is 24.3 Å². The molecule has 1 rings (SSSR count). The lowest BCUT2D eigenvalue weighted by atomic mass is 10.2. The van der Waals surface area contributed by atoms with Crippen molar-refractivity contribution in [2.45, 2.75) is 0 Å². The van der Waals surface area contributed by atoms with E-state index < -0.39 is 5.24 Å². The summed E-state index contributed by atoms with van der Waals surface area (Å²) in [4.78, 5) is 10.6. The molecule has 1 aromatic carbocycles. The Balaban J connectivity index is 2.97. The molecule has 0 bridgehead atoms. The second-order valence-electron chi connectivity index (χ2n) is 1.99. The number of benzene rings is 1. The molecule has 0 aliphatic rings. The van der Waals surface area contributed by atoms with E-state index in [4.69, 9.17) is 16.9 Å². The zero-order chi connectivity index (χ0) is 8.97. The third kappa shape index (κ3) is 1.97. The number of halogens is 1. The maximum Gasteiger partial charge on any atom is 0.292 e. The summed E-state index contributed by atoms with van der Waals surface area (Å²) >= 11 is 5.20. The highest BCUT2D eigenvalue weighted by Crippen LogP contribution is 2.14. The van der Waals surface area contributed by atoms with Crippen LogP contribution in [0.2, 0.25) is 0 Å². The maximum absolute atomic E-state index is 10.6. The number of nitrogens with zero attached hydrogens (tertiary/aromatic N) is 1. The normalized spacial score (nSPS) is 8.67. The second-order valence-corrected chi connectivity index (χ2v) is 2.34. The number of nitriles is 1. The van der Waals surface area contributed by atoms with Crippen molar-refractivity contribution in [3.8, 4) is 12.0 Å². The highest BCUT2D eigenvalue weighted by Gasteiger charge is 2.02. The summed E-state index contributed by atoms with van der Waals surface area (Å²) in [6.45, 7) is 0. The first kappa shape index (κ1) is 8.57. The second kappa shape index (κ2) is 3.74. The van der Waals surface area contributed by atoms with Crippen molar-refractivity contribution < 1.29 is 9.53 Å². The van der Waals surface area contributed by atoms with E-state index in [0.717, 1.165) is 0 Å². The van der Waals surface area contributed by atoms with Crippen molar-refractivity contribution >= 4 is 16.8 Å². The molecule has 12 heavy (non-hydrogen) atoms. The first-order valence-corrected chi connectivity index (χ1v) is 3.47. The predicted molar refractivity (Wildman–Crippen MR) is 42.9 cm³/mol. The summed E-state index contributed by atoms with van der Waals surface area (Å²) in [5.41, 5.74) is 0.310. The lowest BCUT2D eigenvalue weighted by Crippen LogP contribution is -1.89. The monoisotopic (exact) mass is 181 g/mol. The molecular weight excluding hydrogens is 178 g/mol. The van der Waals surface area contributed by atoms with Crippen LogP contribution >= 0.6 is 11.6 Å². The number of carbonyl (C=O) groups excluding carboxylic acids is 1. The van der Waals surface area contributed by atoms with Gasteiger partial charge < -0.3 is 4.74 Å². The minimum absolute atomic E-state index is 0.309. The zero-order valence-corrected chi connectivity index (χ0v) is 6.71. The fraction of sp³-hybridized carbons (Fsp3) is 0. The van der Waals surface area contributed by atoms with E-state index in [2.05, 4.69) is 4.74 Å². The Kier molecular flexibility index (Phi) is 2.67. The van der Waals surface area contributed by atoms with E-state index in [1.807, 2.05) is 0 Å². The van der Waals surface area contributed by atoms with Crippen molar-refractivity contribution in [1.29, 1.82) is 5.26 Å². The molecule has 60 valence electrons. The molecule has 0 aromatic heterocycles. The third-order valence-electron chi connectivity index (χ3n) is 1.22. The molecule has 0 N–H and O–H groups in total. The molecule has 1 aromatic rings. The minimum atomic E-state index is -0.571. The first-order chi connectivity index (χ1) is 5.74. The molecule has 0 aliphatic heterocycles. The molecule has 0 saturated heterocycles. The molecule has 0 fully saturated rings. The third-order valence-corrected chi connectivity index (χ3v) is 1.44. The van der Waals surface area contributed by atoms with E-state index >= 15 is 0 Å². The summed E-state index contributed by atoms with van der Waals surface area (Å²) in [7, 11) is 0. The van der Waals surface area contributed by atoms with Crippen LogP contribution in [0, 0.1) is 11.5 Å². The van der Waals surface area contributed by atoms with Gasteiger partial charge in [-0.15, -0.1) is 5.26 Å². The Bertz CT molecular complexity index is 343. The van der Waals surface area contributed by atoms with Gasteiger partial charge in [0, 0.05) is 5.56 Å². The van der Waals surface area contributed by atoms with Gasteiger partial charge in [-0.3, -0.25) is 4.79 Å². The van der Waals surface area contributed by atoms with Crippen LogP contribution in [0.3, 0.4) is 0 Å². The van der Waals surface area contributed by atoms with Gasteiger partial charge in [0.05, 0.1) is 0 Å². The Morgan fingerprint density at radius 2 is 2.33 bits per heavy atom. The van der Waals surface area contributed by atoms with Gasteiger partial charge in [0.25, 0.3) is 11.5 Å². The Hall–Kier alpha value is -1.53. The average molecular weight is 182 g/mol. The van der Waals surface area contributed by atoms with Gasteiger partial charge in [0.15, 0.2) is 0 Å². The van der Waals surface area contributed by atoms with Gasteiger partial charge in [0.2, 0.25) is 0 Å². The van der Waals surface area contributed by atoms with Crippen LogP contribution < -0.4 is 4.74 Å². The predicted octanol–water partition coefficient (Wildman–Crippen LogP) is 1.93. The van der Waals surface area contributed by atoms with Crippen LogP contribution in [-0.4, -0.2) is 5.24 Å². The van der Waals surface area contributed by atoms with E-state index in [1.54, 1.807) is 18.2 Å². The Morgan fingerprint density at radius 1 is 1.58 bits per heavy atom. The van der Waals surface area contributed by atoms with Crippen molar-refractivity contribution in [1.82, 2.24) is 0 Å². The number of rotatable bonds is 2. The van der Waals surface area contributed by atoms with Crippen LogP contribution in [0.25, 0.3) is 0 Å². The Labute approximate surface area is 74.1 Å². The van der Waals surface area contributed by atoms with E-state index in [-0.39, 0.29) is 0 Å². The molecule has 0 heterocycles. The van der Waals surface area contributed by atoms with Crippen molar-refractivity contribution in [3.05, 3.63) is 29.8 Å². The Morgan fingerprint density at radius 3 is 2.92 bits per heavy atom. The van der Waals surface area contributed by atoms with E-state index in [0.29, 0.717) is 11.3 Å². The molecule has 0 aliphatic carbocycles. The summed E-state index contributed by atoms with van der Waals surface area (Å²) in [6, 6.07) is 6.09. The van der Waals surface area contributed by atoms with Crippen LogP contribution in [0.1, 0.15) is 10.4 Å². The fourth-order valence-electron chi connectivity index (χ4n) is 0.735. The quantitative estimate of drug-likeness (QED) is 0.518. The number of hydrogen-bond acceptors (Lipinski definition) is 3. The van der Waals surface area contributed by atoms with Gasteiger partial charge in [-0.05, 0) is 29.8 Å². The van der Waals surface area contributed by atoms with Gasteiger partial charge in [-0.25, -0.2) is 0 Å². The largest absolute Gasteiger partial charge is 0.388 e.